The van der Waals surface area contributed by atoms with E-state index in [1.807, 2.05) is 98.8 Å². The molecule has 0 radical (unpaired) electrons. The van der Waals surface area contributed by atoms with Crippen molar-refractivity contribution >= 4 is 31.5 Å². The van der Waals surface area contributed by atoms with Gasteiger partial charge in [-0.2, -0.15) is 10.2 Å². The number of benzene rings is 4. The van der Waals surface area contributed by atoms with Gasteiger partial charge in [0, 0.05) is 18.8 Å². The minimum Gasteiger partial charge on any atom is -0.497 e. The molecule has 1 aliphatic heterocycles. The molecule has 0 spiro atoms. The summed E-state index contributed by atoms with van der Waals surface area (Å²) in [5.41, 5.74) is 3.79. The van der Waals surface area contributed by atoms with E-state index in [9.17, 15) is 14.9 Å². The molecule has 7 atom stereocenters. The van der Waals surface area contributed by atoms with Crippen LogP contribution in [0.5, 0.6) is 5.75 Å². The summed E-state index contributed by atoms with van der Waals surface area (Å²) in [6, 6.07) is 36.2. The fourth-order valence-electron chi connectivity index (χ4n) is 8.67. The van der Waals surface area contributed by atoms with Crippen molar-refractivity contribution in [2.45, 2.75) is 97.4 Å². The van der Waals surface area contributed by atoms with Crippen molar-refractivity contribution < 1.29 is 33.5 Å². The third-order valence-electron chi connectivity index (χ3n) is 12.9. The summed E-state index contributed by atoms with van der Waals surface area (Å²) in [5.74, 6) is 0.322. The zero-order chi connectivity index (χ0) is 48.5. The summed E-state index contributed by atoms with van der Waals surface area (Å²) < 4.78 is 37.5. The molecule has 1 aliphatic rings. The van der Waals surface area contributed by atoms with Gasteiger partial charge in [0.2, 0.25) is 11.9 Å². The van der Waals surface area contributed by atoms with Gasteiger partial charge >= 0.3 is 0 Å². The molecule has 8 rings (SSSR count). The Bertz CT molecular complexity index is 2930. The molecule has 1 saturated heterocycles. The lowest BCUT2D eigenvalue weighted by molar-refractivity contribution is -0.115. The molecule has 1 fully saturated rings. The second-order valence-corrected chi connectivity index (χ2v) is 18.9. The van der Waals surface area contributed by atoms with Gasteiger partial charge in [0.05, 0.1) is 51.2 Å². The number of H-pyrrole nitrogens is 1. The first-order valence-corrected chi connectivity index (χ1v) is 24.1. The average molecular weight is 983 g/mol. The van der Waals surface area contributed by atoms with Crippen LogP contribution in [0.15, 0.2) is 146 Å². The van der Waals surface area contributed by atoms with Crippen molar-refractivity contribution in [3.05, 3.63) is 185 Å². The molecule has 3 aromatic heterocycles. The number of nitrogens with one attached hydrogen (secondary N) is 2. The number of rotatable bonds is 21. The molecule has 71 heavy (non-hydrogen) atoms. The van der Waals surface area contributed by atoms with Gasteiger partial charge in [-0.05, 0) is 66.5 Å². The predicted molar refractivity (Wildman–Crippen MR) is 275 cm³/mol. The number of carbonyl (C=O) groups excluding carboxylic acids is 1. The van der Waals surface area contributed by atoms with E-state index >= 15 is 0 Å². The van der Waals surface area contributed by atoms with E-state index in [1.165, 1.54) is 6.33 Å². The molecule has 0 saturated carbocycles. The Morgan fingerprint density at radius 3 is 2.30 bits per heavy atom. The first kappa shape index (κ1) is 53.5. The molecule has 16 nitrogen and oxygen atoms in total. The number of aryl methyl sites for hydroxylation is 2. The summed E-state index contributed by atoms with van der Waals surface area (Å²) in [4.78, 5) is 42.9. The number of nitrogens with zero attached hydrogens (tertiary/aromatic N) is 6. The summed E-state index contributed by atoms with van der Waals surface area (Å²) in [6.45, 7) is 12.2. The number of imidazole rings is 2. The van der Waals surface area contributed by atoms with Crippen molar-refractivity contribution in [2.75, 3.05) is 19.0 Å². The van der Waals surface area contributed by atoms with Gasteiger partial charge in [-0.25, -0.2) is 9.97 Å². The number of hydrogen-bond donors (Lipinski definition) is 2. The third kappa shape index (κ3) is 11.9. The lowest BCUT2D eigenvalue weighted by Crippen LogP contribution is -2.38. The van der Waals surface area contributed by atoms with Gasteiger partial charge < -0.3 is 28.7 Å². The van der Waals surface area contributed by atoms with Gasteiger partial charge in [0.25, 0.3) is 14.1 Å². The summed E-state index contributed by atoms with van der Waals surface area (Å²) in [5, 5.41) is 12.8. The Hall–Kier alpha value is -6.83. The van der Waals surface area contributed by atoms with E-state index in [1.54, 1.807) is 34.7 Å². The number of carbonyl (C=O) groups is 1. The molecule has 372 valence electrons. The molecule has 0 bridgehead atoms. The molecule has 4 N–H and O–H groups in total. The maximum atomic E-state index is 13.5. The maximum Gasteiger partial charge on any atom is 0.295 e. The highest BCUT2D eigenvalue weighted by molar-refractivity contribution is 7.45. The number of ether oxygens (including phenoxy) is 3. The van der Waals surface area contributed by atoms with Crippen molar-refractivity contribution in [3.63, 3.8) is 0 Å². The van der Waals surface area contributed by atoms with E-state index in [-0.39, 0.29) is 61.8 Å². The van der Waals surface area contributed by atoms with Crippen LogP contribution in [-0.4, -0.2) is 72.3 Å². The topological polar surface area (TPSA) is 212 Å². The first-order chi connectivity index (χ1) is 33.5. The summed E-state index contributed by atoms with van der Waals surface area (Å²) in [6.07, 6.45) is 7.46. The fraction of sp³-hybridized carbons (Fsp3) is 0.333. The third-order valence-corrected chi connectivity index (χ3v) is 14.4. The molecule has 7 unspecified atom stereocenters. The molecule has 0 aliphatic carbocycles. The van der Waals surface area contributed by atoms with Crippen LogP contribution >= 0.6 is 8.53 Å². The second kappa shape index (κ2) is 23.9. The Kier molecular flexibility index (Phi) is 18.0. The van der Waals surface area contributed by atoms with Gasteiger partial charge in [-0.15, -0.1) is 6.58 Å². The van der Waals surface area contributed by atoms with Crippen LogP contribution in [0.1, 0.15) is 86.6 Å². The fourth-order valence-corrected chi connectivity index (χ4v) is 10.3. The quantitative estimate of drug-likeness (QED) is 0.0393. The lowest BCUT2D eigenvalue weighted by atomic mass is 9.77. The van der Waals surface area contributed by atoms with Crippen LogP contribution < -0.4 is 15.6 Å². The number of fused-ring (bicyclic) bond motifs is 1. The van der Waals surface area contributed by atoms with Crippen molar-refractivity contribution in [1.29, 1.82) is 5.26 Å². The van der Waals surface area contributed by atoms with E-state index in [2.05, 4.69) is 71.0 Å². The molecule has 1 amide bonds. The van der Waals surface area contributed by atoms with Crippen molar-refractivity contribution in [3.8, 4) is 11.8 Å². The van der Waals surface area contributed by atoms with Crippen LogP contribution in [0.4, 0.5) is 5.95 Å². The maximum absolute atomic E-state index is 13.5. The second-order valence-electron chi connectivity index (χ2n) is 17.5. The lowest BCUT2D eigenvalue weighted by Gasteiger charge is -2.38. The Labute approximate surface area is 415 Å². The van der Waals surface area contributed by atoms with Crippen molar-refractivity contribution in [2.24, 2.45) is 5.41 Å². The van der Waals surface area contributed by atoms with E-state index in [0.717, 1.165) is 39.8 Å². The number of anilines is 1. The van der Waals surface area contributed by atoms with E-state index in [0.29, 0.717) is 12.2 Å². The Balaban J connectivity index is 0.00000413. The summed E-state index contributed by atoms with van der Waals surface area (Å²) >= 11 is 0. The van der Waals surface area contributed by atoms with E-state index in [4.69, 9.17) is 28.2 Å². The van der Waals surface area contributed by atoms with Crippen LogP contribution in [0.2, 0.25) is 0 Å². The monoisotopic (exact) mass is 982 g/mol. The minimum absolute atomic E-state index is 0. The van der Waals surface area contributed by atoms with Gasteiger partial charge in [0.1, 0.15) is 30.0 Å². The Morgan fingerprint density at radius 2 is 1.68 bits per heavy atom. The normalized spacial score (nSPS) is 17.9. The molecule has 4 heterocycles. The highest BCUT2D eigenvalue weighted by atomic mass is 31.2. The highest BCUT2D eigenvalue weighted by Crippen LogP contribution is 2.51. The molecule has 4 aromatic carbocycles. The number of amides is 1. The summed E-state index contributed by atoms with van der Waals surface area (Å²) in [7, 11) is -0.311. The van der Waals surface area contributed by atoms with E-state index < -0.39 is 49.6 Å². The zero-order valence-electron chi connectivity index (χ0n) is 39.9. The zero-order valence-corrected chi connectivity index (χ0v) is 40.8. The number of aromatic amines is 1. The number of aromatic nitrogens is 6. The number of methoxy groups -OCH3 is 1. The standard InChI is InChI=1S/C53H57N8O7P.CH4.H2O/c1-7-27-52(5,8-2)45(26-28-54)68-69(60-30-29-55-34-60)67-43-32-47(61-35-56-48-49(61)58-51(59-50(48)63)57-46(62)31-38-18-14-36(3)15-19-38)66-44(43)33-65-53(39-12-10-9-11-13-39,40-20-16-37(4)17-21-40)41-22-24-42(64-6)25-23-41;;/h7,9-25,29-30,34-35,43-45,47H,1,8,26-27,31-33H2,2-6H3,(H2,57,58,59,62,63);1H4;1H2. The van der Waals surface area contributed by atoms with Crippen LogP contribution in [0.25, 0.3) is 11.2 Å². The highest BCUT2D eigenvalue weighted by Gasteiger charge is 2.45. The molecular formula is C54H63N8O8P. The largest absolute Gasteiger partial charge is 0.497 e. The Morgan fingerprint density at radius 1 is 1.01 bits per heavy atom. The molecule has 17 heteroatoms. The SMILES string of the molecule is C.C=CCC(C)(CC)C(CC#N)OP(OC1CC(n2cnc3c(=O)[nH]c(NC(=O)Cc4ccc(C)cc4)nc32)OC1COC(c1ccccc1)(c1ccc(C)cc1)c1ccc(OC)cc1)n1ccnc1.O. The van der Waals surface area contributed by atoms with Crippen molar-refractivity contribution in [1.82, 2.24) is 28.8 Å². The molecule has 7 aromatic rings. The van der Waals surface area contributed by atoms with Gasteiger partial charge in [-0.3, -0.25) is 28.8 Å². The number of nitriles is 1. The minimum atomic E-state index is -1.95. The average Bonchev–Trinajstić information content (AvgIpc) is 4.15. The van der Waals surface area contributed by atoms with Crippen LogP contribution in [0.3, 0.4) is 0 Å². The molecular weight excluding hydrogens is 920 g/mol. The predicted octanol–water partition coefficient (Wildman–Crippen LogP) is 9.68. The smallest absolute Gasteiger partial charge is 0.295 e. The number of allylic oxidation sites excluding steroid dienone is 1. The van der Waals surface area contributed by atoms with Gasteiger partial charge in [0.15, 0.2) is 11.2 Å². The van der Waals surface area contributed by atoms with Crippen LogP contribution in [-0.2, 0) is 35.3 Å². The van der Waals surface area contributed by atoms with Crippen LogP contribution in [0, 0.1) is 30.6 Å². The number of hydrogen-bond acceptors (Lipinski definition) is 11. The van der Waals surface area contributed by atoms with Gasteiger partial charge in [-0.1, -0.05) is 129 Å². The first-order valence-electron chi connectivity index (χ1n) is 23.0.